The first kappa shape index (κ1) is 25.5. The number of nitrogens with one attached hydrogen (secondary N) is 2. The van der Waals surface area contributed by atoms with Crippen LogP contribution in [0.2, 0.25) is 0 Å². The van der Waals surface area contributed by atoms with Gasteiger partial charge in [-0.1, -0.05) is 39.8 Å². The van der Waals surface area contributed by atoms with E-state index in [1.54, 1.807) is 19.2 Å². The topological polar surface area (TPSA) is 94.0 Å². The molecule has 196 valence electrons. The molecule has 0 spiro atoms. The molecular weight excluding hydrogens is 476 g/mol. The van der Waals surface area contributed by atoms with Crippen LogP contribution >= 0.6 is 0 Å². The molecule has 0 saturated heterocycles. The third kappa shape index (κ3) is 4.32. The van der Waals surface area contributed by atoms with Crippen LogP contribution < -0.4 is 15.5 Å². The summed E-state index contributed by atoms with van der Waals surface area (Å²) in [7, 11) is 3.62. The fourth-order valence-electron chi connectivity index (χ4n) is 5.54. The maximum absolute atomic E-state index is 12.0. The molecule has 0 unspecified atom stereocenters. The van der Waals surface area contributed by atoms with Crippen molar-refractivity contribution in [3.8, 4) is 0 Å². The van der Waals surface area contributed by atoms with Gasteiger partial charge in [0.25, 0.3) is 0 Å². The number of carboxylic acid groups (broad SMARTS) is 1. The lowest BCUT2D eigenvalue weighted by Gasteiger charge is -2.43. The summed E-state index contributed by atoms with van der Waals surface area (Å²) in [4.78, 5) is 30.8. The summed E-state index contributed by atoms with van der Waals surface area (Å²) in [5.41, 5.74) is 8.85. The number of hydrogen-bond acceptors (Lipinski definition) is 4. The second-order valence-electron chi connectivity index (χ2n) is 11.5. The Balaban J connectivity index is 1.78. The van der Waals surface area contributed by atoms with Crippen molar-refractivity contribution in [3.63, 3.8) is 0 Å². The first-order chi connectivity index (χ1) is 17.9. The van der Waals surface area contributed by atoms with Crippen molar-refractivity contribution in [2.24, 2.45) is 4.99 Å². The Morgan fingerprint density at radius 1 is 0.895 bits per heavy atom. The van der Waals surface area contributed by atoms with E-state index in [4.69, 9.17) is 4.99 Å². The average molecular weight is 511 g/mol. The molecule has 1 aliphatic heterocycles. The fraction of sp³-hybridized carbons (Fsp3) is 0.323. The summed E-state index contributed by atoms with van der Waals surface area (Å²) < 4.78 is 0. The van der Waals surface area contributed by atoms with E-state index >= 15 is 0 Å². The van der Waals surface area contributed by atoms with Gasteiger partial charge in [0.2, 0.25) is 0 Å². The fourth-order valence-corrected chi connectivity index (χ4v) is 5.54. The molecule has 0 saturated carbocycles. The van der Waals surface area contributed by atoms with Crippen LogP contribution in [0.15, 0.2) is 59.6 Å². The van der Waals surface area contributed by atoms with Crippen LogP contribution in [0.4, 0.5) is 27.5 Å². The number of urea groups is 1. The molecule has 0 bridgehead atoms. The SMILES string of the molecule is CNC(=O)Nc1ccc2c(c1)N=C(c1ccc(C(=O)O)cc1)c1cc3c(cc1N2C)C(C)(C)CCC3(C)C. The molecule has 2 aliphatic rings. The van der Waals surface area contributed by atoms with E-state index in [2.05, 4.69) is 55.4 Å². The van der Waals surface area contributed by atoms with Crippen molar-refractivity contribution in [3.05, 3.63) is 82.4 Å². The summed E-state index contributed by atoms with van der Waals surface area (Å²) >= 11 is 0. The average Bonchev–Trinajstić information content (AvgIpc) is 3.00. The van der Waals surface area contributed by atoms with Crippen molar-refractivity contribution < 1.29 is 14.7 Å². The normalized spacial score (nSPS) is 16.8. The minimum absolute atomic E-state index is 0.0144. The number of aromatic carboxylic acids is 1. The number of amides is 2. The molecule has 0 fully saturated rings. The van der Waals surface area contributed by atoms with E-state index in [1.807, 2.05) is 37.4 Å². The number of fused-ring (bicyclic) bond motifs is 3. The number of carbonyl (C=O) groups excluding carboxylic acids is 1. The monoisotopic (exact) mass is 510 g/mol. The van der Waals surface area contributed by atoms with E-state index in [9.17, 15) is 14.7 Å². The number of anilines is 3. The Morgan fingerprint density at radius 3 is 2.13 bits per heavy atom. The van der Waals surface area contributed by atoms with Gasteiger partial charge in [-0.2, -0.15) is 0 Å². The molecule has 3 aromatic rings. The first-order valence-corrected chi connectivity index (χ1v) is 12.9. The molecule has 7 heteroatoms. The highest BCUT2D eigenvalue weighted by Gasteiger charge is 2.39. The van der Waals surface area contributed by atoms with Gasteiger partial charge in [0, 0.05) is 30.9 Å². The smallest absolute Gasteiger partial charge is 0.335 e. The summed E-state index contributed by atoms with van der Waals surface area (Å²) in [5, 5.41) is 14.9. The van der Waals surface area contributed by atoms with Crippen molar-refractivity contribution in [1.82, 2.24) is 5.32 Å². The van der Waals surface area contributed by atoms with Gasteiger partial charge >= 0.3 is 12.0 Å². The molecule has 38 heavy (non-hydrogen) atoms. The Bertz CT molecular complexity index is 1490. The summed E-state index contributed by atoms with van der Waals surface area (Å²) in [6.45, 7) is 9.23. The highest BCUT2D eigenvalue weighted by Crippen LogP contribution is 2.50. The molecule has 7 nitrogen and oxygen atoms in total. The van der Waals surface area contributed by atoms with Crippen molar-refractivity contribution >= 4 is 40.5 Å². The van der Waals surface area contributed by atoms with Crippen molar-refractivity contribution in [2.75, 3.05) is 24.3 Å². The van der Waals surface area contributed by atoms with Crippen LogP contribution in [0.5, 0.6) is 0 Å². The van der Waals surface area contributed by atoms with E-state index in [1.165, 1.54) is 11.1 Å². The van der Waals surface area contributed by atoms with Crippen LogP contribution in [-0.4, -0.2) is 36.9 Å². The molecule has 0 radical (unpaired) electrons. The Labute approximate surface area is 223 Å². The number of nitrogens with zero attached hydrogens (tertiary/aromatic N) is 2. The third-order valence-electron chi connectivity index (χ3n) is 8.04. The van der Waals surface area contributed by atoms with E-state index in [0.29, 0.717) is 11.4 Å². The summed E-state index contributed by atoms with van der Waals surface area (Å²) in [5.74, 6) is -0.965. The second kappa shape index (κ2) is 9.01. The third-order valence-corrected chi connectivity index (χ3v) is 8.04. The predicted molar refractivity (Wildman–Crippen MR) is 153 cm³/mol. The zero-order valence-electron chi connectivity index (χ0n) is 22.8. The molecule has 0 atom stereocenters. The van der Waals surface area contributed by atoms with Gasteiger partial charge in [0.1, 0.15) is 0 Å². The maximum atomic E-state index is 12.0. The van der Waals surface area contributed by atoms with Gasteiger partial charge in [-0.15, -0.1) is 0 Å². The molecule has 2 amide bonds. The van der Waals surface area contributed by atoms with E-state index < -0.39 is 5.97 Å². The van der Waals surface area contributed by atoms with Gasteiger partial charge in [-0.3, -0.25) is 0 Å². The lowest BCUT2D eigenvalue weighted by Crippen LogP contribution is -2.34. The Kier molecular flexibility index (Phi) is 6.05. The summed E-state index contributed by atoms with van der Waals surface area (Å²) in [6, 6.07) is 16.9. The lowest BCUT2D eigenvalue weighted by atomic mass is 9.62. The molecule has 3 aromatic carbocycles. The van der Waals surface area contributed by atoms with Crippen molar-refractivity contribution in [2.45, 2.75) is 51.4 Å². The lowest BCUT2D eigenvalue weighted by molar-refractivity contribution is 0.0697. The summed E-state index contributed by atoms with van der Waals surface area (Å²) in [6.07, 6.45) is 2.20. The number of aliphatic imine (C=N–C) groups is 1. The molecule has 1 aliphatic carbocycles. The van der Waals surface area contributed by atoms with Crippen LogP contribution in [0.1, 0.15) is 73.1 Å². The Hall–Kier alpha value is -4.13. The number of carboxylic acids is 1. The highest BCUT2D eigenvalue weighted by molar-refractivity contribution is 6.19. The standard InChI is InChI=1S/C31H34N4O3/c1-30(2)13-14-31(3,4)23-17-26-21(16-22(23)30)27(18-7-9-19(10-8-18)28(36)37)34-24-15-20(33-29(38)32-5)11-12-25(24)35(26)6/h7-12,15-17H,13-14H2,1-6H3,(H,36,37)(H2,32,33,38). The predicted octanol–water partition coefficient (Wildman–Crippen LogP) is 6.74. The van der Waals surface area contributed by atoms with E-state index in [0.717, 1.165) is 41.1 Å². The maximum Gasteiger partial charge on any atom is 0.335 e. The Morgan fingerprint density at radius 2 is 1.53 bits per heavy atom. The quantitative estimate of drug-likeness (QED) is 0.364. The zero-order chi connectivity index (χ0) is 27.4. The van der Waals surface area contributed by atoms with Crippen molar-refractivity contribution in [1.29, 1.82) is 0 Å². The number of hydrogen-bond donors (Lipinski definition) is 3. The number of rotatable bonds is 3. The largest absolute Gasteiger partial charge is 0.478 e. The molecule has 5 rings (SSSR count). The number of carbonyl (C=O) groups is 2. The zero-order valence-corrected chi connectivity index (χ0v) is 22.8. The van der Waals surface area contributed by atoms with Gasteiger partial charge in [0.15, 0.2) is 0 Å². The second-order valence-corrected chi connectivity index (χ2v) is 11.5. The van der Waals surface area contributed by atoms with Gasteiger partial charge in [-0.05, 0) is 77.3 Å². The van der Waals surface area contributed by atoms with Crippen LogP contribution in [0.25, 0.3) is 0 Å². The first-order valence-electron chi connectivity index (χ1n) is 12.9. The molecule has 3 N–H and O–H groups in total. The number of benzene rings is 3. The van der Waals surface area contributed by atoms with Gasteiger partial charge in [0.05, 0.1) is 28.3 Å². The minimum atomic E-state index is -0.965. The van der Waals surface area contributed by atoms with Crippen LogP contribution in [0, 0.1) is 0 Å². The molecular formula is C31H34N4O3. The highest BCUT2D eigenvalue weighted by atomic mass is 16.4. The van der Waals surface area contributed by atoms with Gasteiger partial charge < -0.3 is 20.6 Å². The van der Waals surface area contributed by atoms with Crippen LogP contribution in [0.3, 0.4) is 0 Å². The van der Waals surface area contributed by atoms with E-state index in [-0.39, 0.29) is 22.4 Å². The molecule has 1 heterocycles. The van der Waals surface area contributed by atoms with Crippen LogP contribution in [-0.2, 0) is 10.8 Å². The minimum Gasteiger partial charge on any atom is -0.478 e. The van der Waals surface area contributed by atoms with Gasteiger partial charge in [-0.25, -0.2) is 14.6 Å². The molecule has 0 aromatic heterocycles.